The number of piperidine rings is 1. The van der Waals surface area contributed by atoms with Crippen LogP contribution in [0.15, 0.2) is 29.1 Å². The van der Waals surface area contributed by atoms with E-state index in [0.717, 1.165) is 44.0 Å². The largest absolute Gasteiger partial charge is 0.343 e. The highest BCUT2D eigenvalue weighted by Crippen LogP contribution is 2.26. The Morgan fingerprint density at radius 3 is 2.80 bits per heavy atom. The number of hydrogen-bond acceptors (Lipinski definition) is 4. The fraction of sp³-hybridized carbons (Fsp3) is 0.500. The maximum Gasteiger partial charge on any atom is 0.343 e. The van der Waals surface area contributed by atoms with Gasteiger partial charge in [-0.1, -0.05) is 12.1 Å². The molecule has 1 amide bonds. The summed E-state index contributed by atoms with van der Waals surface area (Å²) in [7, 11) is 0. The van der Waals surface area contributed by atoms with Crippen LogP contribution in [0.3, 0.4) is 0 Å². The highest BCUT2D eigenvalue weighted by atomic mass is 16.2. The van der Waals surface area contributed by atoms with Gasteiger partial charge in [-0.3, -0.25) is 14.3 Å². The van der Waals surface area contributed by atoms with Gasteiger partial charge in [0.2, 0.25) is 5.91 Å². The lowest BCUT2D eigenvalue weighted by molar-refractivity contribution is -0.114. The van der Waals surface area contributed by atoms with Crippen LogP contribution in [0.4, 0.5) is 5.69 Å². The van der Waals surface area contributed by atoms with Crippen molar-refractivity contribution in [1.82, 2.24) is 19.7 Å². The molecule has 0 spiro atoms. The van der Waals surface area contributed by atoms with E-state index in [-0.39, 0.29) is 17.5 Å². The number of aromatic amines is 1. The van der Waals surface area contributed by atoms with Crippen molar-refractivity contribution in [1.29, 1.82) is 0 Å². The van der Waals surface area contributed by atoms with Crippen LogP contribution in [-0.4, -0.2) is 38.7 Å². The van der Waals surface area contributed by atoms with E-state index in [0.29, 0.717) is 6.54 Å². The Balaban J connectivity index is 1.65. The van der Waals surface area contributed by atoms with Crippen LogP contribution in [0.25, 0.3) is 0 Å². The lowest BCUT2D eigenvalue weighted by Gasteiger charge is -2.32. The third-order valence-electron chi connectivity index (χ3n) is 4.66. The van der Waals surface area contributed by atoms with E-state index in [9.17, 15) is 9.59 Å². The summed E-state index contributed by atoms with van der Waals surface area (Å²) in [5, 5.41) is 9.61. The molecule has 0 bridgehead atoms. The minimum atomic E-state index is -0.122. The van der Waals surface area contributed by atoms with Crippen LogP contribution < -0.4 is 11.0 Å². The molecule has 1 atom stereocenters. The standard InChI is InChI=1S/C18H25N5O2/c1-3-23-17(20-21-18(23)25)15-5-4-10-22(12-15)11-14-6-8-16(9-7-14)19-13(2)24/h6-9,15H,3-5,10-12H2,1-2H3,(H,19,24)(H,21,25)/t15-/m0/s1. The number of carbonyl (C=O) groups is 1. The third-order valence-corrected chi connectivity index (χ3v) is 4.66. The first kappa shape index (κ1) is 17.4. The van der Waals surface area contributed by atoms with Gasteiger partial charge in [-0.2, -0.15) is 5.10 Å². The monoisotopic (exact) mass is 343 g/mol. The summed E-state index contributed by atoms with van der Waals surface area (Å²) in [5.74, 6) is 1.09. The summed E-state index contributed by atoms with van der Waals surface area (Å²) in [4.78, 5) is 25.3. The van der Waals surface area contributed by atoms with Gasteiger partial charge in [0.15, 0.2) is 0 Å². The Kier molecular flexibility index (Phi) is 5.33. The Hall–Kier alpha value is -2.41. The van der Waals surface area contributed by atoms with Gasteiger partial charge in [-0.15, -0.1) is 0 Å². The van der Waals surface area contributed by atoms with E-state index in [1.54, 1.807) is 4.57 Å². The van der Waals surface area contributed by atoms with E-state index < -0.39 is 0 Å². The third kappa shape index (κ3) is 4.17. The number of carbonyl (C=O) groups excluding carboxylic acids is 1. The van der Waals surface area contributed by atoms with Gasteiger partial charge in [-0.05, 0) is 44.0 Å². The number of nitrogens with one attached hydrogen (secondary N) is 2. The van der Waals surface area contributed by atoms with E-state index in [2.05, 4.69) is 20.4 Å². The zero-order chi connectivity index (χ0) is 17.8. The Morgan fingerprint density at radius 2 is 2.12 bits per heavy atom. The minimum absolute atomic E-state index is 0.0624. The number of anilines is 1. The number of likely N-dealkylation sites (tertiary alicyclic amines) is 1. The molecule has 1 aromatic heterocycles. The first-order valence-corrected chi connectivity index (χ1v) is 8.80. The molecule has 2 N–H and O–H groups in total. The SMILES string of the molecule is CCn1c([C@H]2CCCN(Cc3ccc(NC(C)=O)cc3)C2)n[nH]c1=O. The fourth-order valence-corrected chi connectivity index (χ4v) is 3.51. The molecule has 1 aliphatic rings. The molecule has 2 heterocycles. The molecule has 1 aliphatic heterocycles. The van der Waals surface area contributed by atoms with E-state index in [4.69, 9.17) is 0 Å². The molecule has 1 saturated heterocycles. The summed E-state index contributed by atoms with van der Waals surface area (Å²) in [6.45, 7) is 6.93. The van der Waals surface area contributed by atoms with Crippen molar-refractivity contribution in [2.75, 3.05) is 18.4 Å². The smallest absolute Gasteiger partial charge is 0.326 e. The van der Waals surface area contributed by atoms with Crippen molar-refractivity contribution in [2.45, 2.75) is 45.7 Å². The van der Waals surface area contributed by atoms with Gasteiger partial charge < -0.3 is 5.32 Å². The van der Waals surface area contributed by atoms with Crippen molar-refractivity contribution in [3.63, 3.8) is 0 Å². The maximum atomic E-state index is 11.8. The molecule has 0 unspecified atom stereocenters. The van der Waals surface area contributed by atoms with Gasteiger partial charge in [0.25, 0.3) is 0 Å². The number of aromatic nitrogens is 3. The molecule has 3 rings (SSSR count). The van der Waals surface area contributed by atoms with Crippen LogP contribution in [0.1, 0.15) is 44.0 Å². The molecule has 25 heavy (non-hydrogen) atoms. The second-order valence-electron chi connectivity index (χ2n) is 6.58. The number of rotatable bonds is 5. The van der Waals surface area contributed by atoms with Crippen LogP contribution >= 0.6 is 0 Å². The van der Waals surface area contributed by atoms with E-state index >= 15 is 0 Å². The lowest BCUT2D eigenvalue weighted by atomic mass is 9.96. The van der Waals surface area contributed by atoms with E-state index in [1.165, 1.54) is 12.5 Å². The second kappa shape index (κ2) is 7.65. The summed E-state index contributed by atoms with van der Waals surface area (Å²) in [6.07, 6.45) is 2.15. The molecule has 2 aromatic rings. The second-order valence-corrected chi connectivity index (χ2v) is 6.58. The fourth-order valence-electron chi connectivity index (χ4n) is 3.51. The summed E-state index contributed by atoms with van der Waals surface area (Å²) in [6, 6.07) is 7.96. The summed E-state index contributed by atoms with van der Waals surface area (Å²) in [5.41, 5.74) is 1.91. The van der Waals surface area contributed by atoms with Crippen LogP contribution in [0.2, 0.25) is 0 Å². The number of amides is 1. The van der Waals surface area contributed by atoms with Crippen molar-refractivity contribution >= 4 is 11.6 Å². The number of nitrogens with zero attached hydrogens (tertiary/aromatic N) is 3. The highest BCUT2D eigenvalue weighted by molar-refractivity contribution is 5.88. The number of H-pyrrole nitrogens is 1. The van der Waals surface area contributed by atoms with Crippen molar-refractivity contribution in [3.8, 4) is 0 Å². The van der Waals surface area contributed by atoms with E-state index in [1.807, 2.05) is 31.2 Å². The first-order chi connectivity index (χ1) is 12.1. The quantitative estimate of drug-likeness (QED) is 0.869. The summed E-state index contributed by atoms with van der Waals surface area (Å²) < 4.78 is 1.73. The molecular weight excluding hydrogens is 318 g/mol. The van der Waals surface area contributed by atoms with Gasteiger partial charge in [0.1, 0.15) is 5.82 Å². The van der Waals surface area contributed by atoms with Crippen LogP contribution in [-0.2, 0) is 17.9 Å². The van der Waals surface area contributed by atoms with Crippen molar-refractivity contribution < 1.29 is 4.79 Å². The van der Waals surface area contributed by atoms with Crippen molar-refractivity contribution in [3.05, 3.63) is 46.1 Å². The molecule has 7 heteroatoms. The van der Waals surface area contributed by atoms with Crippen LogP contribution in [0, 0.1) is 0 Å². The number of benzene rings is 1. The minimum Gasteiger partial charge on any atom is -0.326 e. The highest BCUT2D eigenvalue weighted by Gasteiger charge is 2.25. The van der Waals surface area contributed by atoms with Crippen molar-refractivity contribution in [2.24, 2.45) is 0 Å². The summed E-state index contributed by atoms with van der Waals surface area (Å²) >= 11 is 0. The molecule has 0 radical (unpaired) electrons. The average molecular weight is 343 g/mol. The lowest BCUT2D eigenvalue weighted by Crippen LogP contribution is -2.35. The number of hydrogen-bond donors (Lipinski definition) is 2. The Labute approximate surface area is 147 Å². The zero-order valence-corrected chi connectivity index (χ0v) is 14.8. The predicted molar refractivity (Wildman–Crippen MR) is 96.5 cm³/mol. The Bertz CT molecular complexity index is 778. The molecule has 0 saturated carbocycles. The van der Waals surface area contributed by atoms with Gasteiger partial charge in [-0.25, -0.2) is 9.89 Å². The maximum absolute atomic E-state index is 11.8. The Morgan fingerprint density at radius 1 is 1.36 bits per heavy atom. The molecular formula is C18H25N5O2. The normalized spacial score (nSPS) is 18.2. The van der Waals surface area contributed by atoms with Gasteiger partial charge >= 0.3 is 5.69 Å². The first-order valence-electron chi connectivity index (χ1n) is 8.80. The molecule has 1 aromatic carbocycles. The predicted octanol–water partition coefficient (Wildman–Crippen LogP) is 1.93. The molecule has 134 valence electrons. The van der Waals surface area contributed by atoms with Gasteiger partial charge in [0.05, 0.1) is 0 Å². The molecule has 0 aliphatic carbocycles. The molecule has 1 fully saturated rings. The van der Waals surface area contributed by atoms with Crippen LogP contribution in [0.5, 0.6) is 0 Å². The topological polar surface area (TPSA) is 83.0 Å². The zero-order valence-electron chi connectivity index (χ0n) is 14.8. The molecule has 7 nitrogen and oxygen atoms in total. The average Bonchev–Trinajstić information content (AvgIpc) is 2.97. The van der Waals surface area contributed by atoms with Gasteiger partial charge in [0, 0.05) is 38.2 Å².